The van der Waals surface area contributed by atoms with Crippen molar-refractivity contribution in [1.82, 2.24) is 0 Å². The maximum Gasteiger partial charge on any atom is 0.303 e. The molecule has 1 aliphatic rings. The largest absolute Gasteiger partial charge is 0.481 e. The molecule has 5 heteroatoms. The van der Waals surface area contributed by atoms with Gasteiger partial charge in [-0.15, -0.1) is 0 Å². The van der Waals surface area contributed by atoms with Crippen LogP contribution in [0.2, 0.25) is 5.02 Å². The number of hydrogen-bond acceptors (Lipinski definition) is 1. The number of halogens is 3. The lowest BCUT2D eigenvalue weighted by molar-refractivity contribution is -0.137. The quantitative estimate of drug-likeness (QED) is 0.872. The summed E-state index contributed by atoms with van der Waals surface area (Å²) in [6.45, 7) is 0. The molecule has 18 heavy (non-hydrogen) atoms. The van der Waals surface area contributed by atoms with E-state index in [0.717, 1.165) is 12.8 Å². The van der Waals surface area contributed by atoms with E-state index in [1.54, 1.807) is 12.1 Å². The van der Waals surface area contributed by atoms with Crippen LogP contribution < -0.4 is 0 Å². The zero-order valence-corrected chi connectivity index (χ0v) is 10.3. The zero-order chi connectivity index (χ0) is 13.3. The molecule has 0 bridgehead atoms. The van der Waals surface area contributed by atoms with E-state index >= 15 is 0 Å². The Morgan fingerprint density at radius 3 is 2.61 bits per heavy atom. The third-order valence-corrected chi connectivity index (χ3v) is 3.62. The lowest BCUT2D eigenvalue weighted by atomic mass is 9.87. The molecule has 2 nitrogen and oxygen atoms in total. The summed E-state index contributed by atoms with van der Waals surface area (Å²) in [4.78, 5) is 10.9. The lowest BCUT2D eigenvalue weighted by Gasteiger charge is -2.19. The van der Waals surface area contributed by atoms with Crippen LogP contribution >= 0.6 is 11.6 Å². The molecular weight excluding hydrogens is 262 g/mol. The monoisotopic (exact) mass is 274 g/mol. The molecule has 0 aromatic heterocycles. The van der Waals surface area contributed by atoms with Gasteiger partial charge >= 0.3 is 5.97 Å². The zero-order valence-electron chi connectivity index (χ0n) is 9.57. The Kier molecular flexibility index (Phi) is 3.85. The fourth-order valence-electron chi connectivity index (χ4n) is 2.32. The average Bonchev–Trinajstić information content (AvgIpc) is 3.08. The van der Waals surface area contributed by atoms with Gasteiger partial charge in [0.1, 0.15) is 0 Å². The molecule has 1 aliphatic carbocycles. The number of benzene rings is 1. The first-order valence-corrected chi connectivity index (χ1v) is 6.16. The first kappa shape index (κ1) is 13.3. The van der Waals surface area contributed by atoms with E-state index < -0.39 is 12.4 Å². The standard InChI is InChI=1S/C13H13ClF2O2/c14-10-3-1-2-8(12(10)13(15)16)9(6-11(17)18)7-4-5-7/h1-3,7,9,13H,4-6H2,(H,17,18). The highest BCUT2D eigenvalue weighted by atomic mass is 35.5. The van der Waals surface area contributed by atoms with E-state index in [0.29, 0.717) is 5.56 Å². The van der Waals surface area contributed by atoms with Crippen molar-refractivity contribution >= 4 is 17.6 Å². The minimum atomic E-state index is -2.68. The van der Waals surface area contributed by atoms with Gasteiger partial charge in [0.15, 0.2) is 0 Å². The molecule has 98 valence electrons. The highest BCUT2D eigenvalue weighted by Gasteiger charge is 2.36. The van der Waals surface area contributed by atoms with E-state index in [-0.39, 0.29) is 28.8 Å². The van der Waals surface area contributed by atoms with Crippen LogP contribution in [0.5, 0.6) is 0 Å². The predicted octanol–water partition coefficient (Wildman–Crippen LogP) is 4.25. The van der Waals surface area contributed by atoms with Crippen LogP contribution in [0.4, 0.5) is 8.78 Å². The van der Waals surface area contributed by atoms with Gasteiger partial charge in [0.05, 0.1) is 6.42 Å². The van der Waals surface area contributed by atoms with E-state index in [9.17, 15) is 13.6 Å². The molecule has 1 aromatic carbocycles. The maximum absolute atomic E-state index is 13.0. The van der Waals surface area contributed by atoms with Crippen LogP contribution in [0.1, 0.15) is 42.7 Å². The Labute approximate surface area is 109 Å². The Bertz CT molecular complexity index is 458. The van der Waals surface area contributed by atoms with Crippen LogP contribution in [0.15, 0.2) is 18.2 Å². The summed E-state index contributed by atoms with van der Waals surface area (Å²) in [5.74, 6) is -1.13. The molecule has 0 radical (unpaired) electrons. The van der Waals surface area contributed by atoms with Crippen molar-refractivity contribution in [2.24, 2.45) is 5.92 Å². The molecule has 1 atom stereocenters. The van der Waals surface area contributed by atoms with Crippen molar-refractivity contribution in [2.45, 2.75) is 31.6 Å². The molecule has 1 unspecified atom stereocenters. The van der Waals surface area contributed by atoms with Gasteiger partial charge in [0.2, 0.25) is 0 Å². The normalized spacial score (nSPS) is 16.9. The van der Waals surface area contributed by atoms with Crippen molar-refractivity contribution in [3.8, 4) is 0 Å². The van der Waals surface area contributed by atoms with E-state index in [1.165, 1.54) is 6.07 Å². The van der Waals surface area contributed by atoms with Gasteiger partial charge in [-0.2, -0.15) is 0 Å². The fraction of sp³-hybridized carbons (Fsp3) is 0.462. The third-order valence-electron chi connectivity index (χ3n) is 3.29. The summed E-state index contributed by atoms with van der Waals surface area (Å²) in [6, 6.07) is 4.58. The molecule has 1 saturated carbocycles. The van der Waals surface area contributed by atoms with Crippen molar-refractivity contribution in [2.75, 3.05) is 0 Å². The number of aliphatic carboxylic acids is 1. The van der Waals surface area contributed by atoms with E-state index in [2.05, 4.69) is 0 Å². The lowest BCUT2D eigenvalue weighted by Crippen LogP contribution is -2.11. The van der Waals surface area contributed by atoms with Gasteiger partial charge in [-0.1, -0.05) is 23.7 Å². The first-order valence-electron chi connectivity index (χ1n) is 5.79. The molecule has 0 saturated heterocycles. The fourth-order valence-corrected chi connectivity index (χ4v) is 2.59. The van der Waals surface area contributed by atoms with Gasteiger partial charge in [-0.25, -0.2) is 8.78 Å². The molecule has 0 amide bonds. The minimum Gasteiger partial charge on any atom is -0.481 e. The van der Waals surface area contributed by atoms with Crippen LogP contribution in [0.25, 0.3) is 0 Å². The smallest absolute Gasteiger partial charge is 0.303 e. The summed E-state index contributed by atoms with van der Waals surface area (Å²) in [7, 11) is 0. The maximum atomic E-state index is 13.0. The van der Waals surface area contributed by atoms with Gasteiger partial charge < -0.3 is 5.11 Å². The summed E-state index contributed by atoms with van der Waals surface area (Å²) in [5.41, 5.74) is 0.180. The molecular formula is C13H13ClF2O2. The van der Waals surface area contributed by atoms with Crippen LogP contribution in [-0.2, 0) is 4.79 Å². The molecule has 1 fully saturated rings. The Morgan fingerprint density at radius 2 is 2.11 bits per heavy atom. The van der Waals surface area contributed by atoms with Gasteiger partial charge in [0.25, 0.3) is 6.43 Å². The Hall–Kier alpha value is -1.16. The second kappa shape index (κ2) is 5.22. The van der Waals surface area contributed by atoms with E-state index in [1.807, 2.05) is 0 Å². The Balaban J connectivity index is 2.40. The summed E-state index contributed by atoms with van der Waals surface area (Å²) < 4.78 is 26.1. The average molecular weight is 275 g/mol. The number of rotatable bonds is 5. The molecule has 0 spiro atoms. The van der Waals surface area contributed by atoms with Gasteiger partial charge in [0, 0.05) is 10.6 Å². The summed E-state index contributed by atoms with van der Waals surface area (Å²) in [5, 5.41) is 8.91. The van der Waals surface area contributed by atoms with Crippen molar-refractivity contribution in [1.29, 1.82) is 0 Å². The molecule has 2 rings (SSSR count). The number of alkyl halides is 2. The number of carboxylic acids is 1. The minimum absolute atomic E-state index is 0.0125. The van der Waals surface area contributed by atoms with Crippen LogP contribution in [0.3, 0.4) is 0 Å². The highest BCUT2D eigenvalue weighted by Crippen LogP contribution is 2.47. The highest BCUT2D eigenvalue weighted by molar-refractivity contribution is 6.31. The van der Waals surface area contributed by atoms with Gasteiger partial charge in [-0.3, -0.25) is 4.79 Å². The summed E-state index contributed by atoms with van der Waals surface area (Å²) in [6.07, 6.45) is -1.01. The SMILES string of the molecule is O=C(O)CC(c1cccc(Cl)c1C(F)F)C1CC1. The second-order valence-electron chi connectivity index (χ2n) is 4.59. The second-order valence-corrected chi connectivity index (χ2v) is 4.99. The number of carbonyl (C=O) groups is 1. The van der Waals surface area contributed by atoms with E-state index in [4.69, 9.17) is 16.7 Å². The molecule has 1 N–H and O–H groups in total. The molecule has 0 heterocycles. The van der Waals surface area contributed by atoms with Crippen molar-refractivity contribution in [3.05, 3.63) is 34.3 Å². The number of carboxylic acid groups (broad SMARTS) is 1. The molecule has 1 aromatic rings. The van der Waals surface area contributed by atoms with Crippen molar-refractivity contribution in [3.63, 3.8) is 0 Å². The predicted molar refractivity (Wildman–Crippen MR) is 64.1 cm³/mol. The third kappa shape index (κ3) is 2.80. The topological polar surface area (TPSA) is 37.3 Å². The Morgan fingerprint density at radius 1 is 1.44 bits per heavy atom. The summed E-state index contributed by atoms with van der Waals surface area (Å²) >= 11 is 5.80. The first-order chi connectivity index (χ1) is 8.50. The van der Waals surface area contributed by atoms with Gasteiger partial charge in [-0.05, 0) is 36.3 Å². The number of hydrogen-bond donors (Lipinski definition) is 1. The van der Waals surface area contributed by atoms with Crippen molar-refractivity contribution < 1.29 is 18.7 Å². The van der Waals surface area contributed by atoms with Crippen LogP contribution in [0, 0.1) is 5.92 Å². The van der Waals surface area contributed by atoms with Crippen LogP contribution in [-0.4, -0.2) is 11.1 Å². The molecule has 0 aliphatic heterocycles.